The van der Waals surface area contributed by atoms with Crippen molar-refractivity contribution in [2.45, 2.75) is 225 Å². The number of carboxylic acids is 1. The second kappa shape index (κ2) is 48.1. The van der Waals surface area contributed by atoms with Gasteiger partial charge in [-0.1, -0.05) is 181 Å². The van der Waals surface area contributed by atoms with Crippen molar-refractivity contribution in [1.29, 1.82) is 0 Å². The monoisotopic (exact) mass is 1020 g/mol. The van der Waals surface area contributed by atoms with E-state index < -0.39 is 67.3 Å². The van der Waals surface area contributed by atoms with Gasteiger partial charge in [0.15, 0.2) is 24.6 Å². The predicted molar refractivity (Wildman–Crippen MR) is 293 cm³/mol. The number of unbranched alkanes of at least 4 members (excludes halogenated alkanes) is 10. The van der Waals surface area contributed by atoms with Gasteiger partial charge in [-0.15, -0.1) is 0 Å². The van der Waals surface area contributed by atoms with E-state index in [0.717, 1.165) is 122 Å². The number of aliphatic carboxylic acids is 1. The van der Waals surface area contributed by atoms with Gasteiger partial charge >= 0.3 is 23.9 Å². The minimum atomic E-state index is -1.93. The van der Waals surface area contributed by atoms with Crippen molar-refractivity contribution in [2.24, 2.45) is 0 Å². The minimum absolute atomic E-state index is 0.0269. The summed E-state index contributed by atoms with van der Waals surface area (Å²) in [6.45, 7) is 5.57. The van der Waals surface area contributed by atoms with Crippen molar-refractivity contribution in [3.63, 3.8) is 0 Å². The van der Waals surface area contributed by atoms with E-state index in [2.05, 4.69) is 130 Å². The van der Waals surface area contributed by atoms with E-state index in [-0.39, 0.29) is 25.9 Å². The van der Waals surface area contributed by atoms with Gasteiger partial charge in [-0.25, -0.2) is 4.79 Å². The summed E-state index contributed by atoms with van der Waals surface area (Å²) in [5, 5.41) is 31.4. The molecule has 12 heteroatoms. The molecule has 6 unspecified atom stereocenters. The Kier molecular flexibility index (Phi) is 43.6. The van der Waals surface area contributed by atoms with Gasteiger partial charge in [0, 0.05) is 19.3 Å². The standard InChI is InChI=1S/C61H94O12/c1-4-7-10-13-16-19-22-25-26-27-28-31-32-35-38-41-44-47-53(62)69-50-52(71-54(63)48-45-42-39-36-33-29-23-20-17-14-11-8-5-2)51-70-61-59(57(66)56(65)58(73-61)60(67)68)72-55(64)49-46-43-40-37-34-30-24-21-18-15-12-9-6-3/h7-8,10-12,15-17,19-21,24-26,28-29,31,33,39,42,52,56-59,61,65-66H,4-6,9,13-14,18,22-23,27,30,32,34-38,40-41,43-51H2,1-3H3,(H,67,68)/b10-7-,11-8-,15-12-,19-16-,20-17-,24-21-,26-25-,31-28-,33-29-,42-39-. The maximum Gasteiger partial charge on any atom is 0.335 e. The smallest absolute Gasteiger partial charge is 0.335 e. The summed E-state index contributed by atoms with van der Waals surface area (Å²) in [4.78, 5) is 50.9. The van der Waals surface area contributed by atoms with Crippen LogP contribution in [0.1, 0.15) is 188 Å². The number of esters is 3. The van der Waals surface area contributed by atoms with Crippen molar-refractivity contribution in [3.8, 4) is 0 Å². The third kappa shape index (κ3) is 38.4. The molecule has 0 aromatic carbocycles. The van der Waals surface area contributed by atoms with Crippen LogP contribution < -0.4 is 0 Å². The number of allylic oxidation sites excluding steroid dienone is 20. The number of rotatable bonds is 44. The molecule has 410 valence electrons. The number of carbonyl (C=O) groups excluding carboxylic acids is 3. The summed E-state index contributed by atoms with van der Waals surface area (Å²) in [5.74, 6) is -3.30. The van der Waals surface area contributed by atoms with E-state index in [9.17, 15) is 34.5 Å². The second-order valence-corrected chi connectivity index (χ2v) is 18.1. The highest BCUT2D eigenvalue weighted by molar-refractivity contribution is 5.74. The Hall–Kier alpha value is -4.88. The molecule has 0 bridgehead atoms. The molecule has 6 atom stereocenters. The topological polar surface area (TPSA) is 175 Å². The van der Waals surface area contributed by atoms with Crippen LogP contribution in [0.2, 0.25) is 0 Å². The molecule has 0 aromatic heterocycles. The molecule has 1 aliphatic heterocycles. The fourth-order valence-corrected chi connectivity index (χ4v) is 7.35. The molecular formula is C61H94O12. The lowest BCUT2D eigenvalue weighted by molar-refractivity contribution is -0.301. The number of hydrogen-bond donors (Lipinski definition) is 3. The van der Waals surface area contributed by atoms with Gasteiger partial charge in [0.05, 0.1) is 6.61 Å². The van der Waals surface area contributed by atoms with Crippen molar-refractivity contribution < 1.29 is 58.2 Å². The van der Waals surface area contributed by atoms with Crippen LogP contribution in [0.3, 0.4) is 0 Å². The summed E-state index contributed by atoms with van der Waals surface area (Å²) < 4.78 is 28.2. The van der Waals surface area contributed by atoms with E-state index in [1.165, 1.54) is 0 Å². The molecule has 1 saturated heterocycles. The first-order valence-corrected chi connectivity index (χ1v) is 27.5. The molecule has 73 heavy (non-hydrogen) atoms. The van der Waals surface area contributed by atoms with Crippen LogP contribution in [0.15, 0.2) is 122 Å². The molecule has 3 N–H and O–H groups in total. The summed E-state index contributed by atoms with van der Waals surface area (Å²) in [7, 11) is 0. The van der Waals surface area contributed by atoms with Crippen molar-refractivity contribution in [3.05, 3.63) is 122 Å². The van der Waals surface area contributed by atoms with Crippen LogP contribution in [0.25, 0.3) is 0 Å². The first-order chi connectivity index (χ1) is 35.6. The van der Waals surface area contributed by atoms with E-state index in [0.29, 0.717) is 25.7 Å². The average Bonchev–Trinajstić information content (AvgIpc) is 3.37. The molecule has 0 saturated carbocycles. The van der Waals surface area contributed by atoms with Crippen molar-refractivity contribution >= 4 is 23.9 Å². The van der Waals surface area contributed by atoms with Crippen LogP contribution in [-0.2, 0) is 42.9 Å². The fourth-order valence-electron chi connectivity index (χ4n) is 7.35. The molecule has 12 nitrogen and oxygen atoms in total. The zero-order chi connectivity index (χ0) is 53.3. The Morgan fingerprint density at radius 1 is 0.466 bits per heavy atom. The number of aliphatic hydroxyl groups is 2. The molecular weight excluding hydrogens is 925 g/mol. The van der Waals surface area contributed by atoms with Gasteiger partial charge < -0.3 is 39.0 Å². The molecule has 1 heterocycles. The minimum Gasteiger partial charge on any atom is -0.479 e. The normalized spacial score (nSPS) is 19.3. The van der Waals surface area contributed by atoms with Gasteiger partial charge in [-0.3, -0.25) is 14.4 Å². The maximum atomic E-state index is 13.1. The largest absolute Gasteiger partial charge is 0.479 e. The summed E-state index contributed by atoms with van der Waals surface area (Å²) >= 11 is 0. The van der Waals surface area contributed by atoms with Crippen LogP contribution >= 0.6 is 0 Å². The predicted octanol–water partition coefficient (Wildman–Crippen LogP) is 13.7. The van der Waals surface area contributed by atoms with Crippen molar-refractivity contribution in [2.75, 3.05) is 13.2 Å². The molecule has 0 radical (unpaired) electrons. The Morgan fingerprint density at radius 3 is 1.37 bits per heavy atom. The number of carbonyl (C=O) groups is 4. The fraction of sp³-hybridized carbons (Fsp3) is 0.607. The highest BCUT2D eigenvalue weighted by Crippen LogP contribution is 2.26. The summed E-state index contributed by atoms with van der Waals surface area (Å²) in [6, 6.07) is 0. The molecule has 0 spiro atoms. The third-order valence-corrected chi connectivity index (χ3v) is 11.5. The Balaban J connectivity index is 2.78. The van der Waals surface area contributed by atoms with Crippen LogP contribution in [0.5, 0.6) is 0 Å². The molecule has 0 amide bonds. The van der Waals surface area contributed by atoms with Gasteiger partial charge in [0.1, 0.15) is 18.8 Å². The molecule has 1 aliphatic rings. The zero-order valence-electron chi connectivity index (χ0n) is 44.8. The average molecular weight is 1020 g/mol. The van der Waals surface area contributed by atoms with E-state index in [1.807, 2.05) is 12.2 Å². The van der Waals surface area contributed by atoms with Crippen LogP contribution in [-0.4, -0.2) is 89.2 Å². The third-order valence-electron chi connectivity index (χ3n) is 11.5. The first kappa shape index (κ1) is 66.1. The SMILES string of the molecule is CC/C=C\C/C=C\C/C=C\C/C=C\CCCCCCC(=O)OCC(COC1OC(C(=O)O)C(O)C(O)C1OC(=O)CCCCCCC/C=C\C/C=C\CCC)OC(=O)CC/C=C\C/C=C\C/C=C\C/C=C\CC. The van der Waals surface area contributed by atoms with Gasteiger partial charge in [0.2, 0.25) is 0 Å². The Labute approximate surface area is 439 Å². The highest BCUT2D eigenvalue weighted by atomic mass is 16.7. The number of carboxylic acid groups (broad SMARTS) is 1. The van der Waals surface area contributed by atoms with Crippen LogP contribution in [0.4, 0.5) is 0 Å². The van der Waals surface area contributed by atoms with Gasteiger partial charge in [-0.05, 0) is 109 Å². The van der Waals surface area contributed by atoms with E-state index in [4.69, 9.17) is 23.7 Å². The van der Waals surface area contributed by atoms with Crippen LogP contribution in [0, 0.1) is 0 Å². The lowest BCUT2D eigenvalue weighted by Crippen LogP contribution is -2.61. The van der Waals surface area contributed by atoms with Gasteiger partial charge in [-0.2, -0.15) is 0 Å². The summed E-state index contributed by atoms with van der Waals surface area (Å²) in [6.07, 6.45) is 53.4. The lowest BCUT2D eigenvalue weighted by atomic mass is 9.98. The quantitative estimate of drug-likeness (QED) is 0.0228. The molecule has 0 aliphatic carbocycles. The molecule has 1 rings (SSSR count). The molecule has 0 aromatic rings. The second-order valence-electron chi connectivity index (χ2n) is 18.1. The molecule has 1 fully saturated rings. The number of hydrogen-bond acceptors (Lipinski definition) is 11. The lowest BCUT2D eigenvalue weighted by Gasteiger charge is -2.40. The Bertz CT molecular complexity index is 1730. The number of aliphatic hydroxyl groups excluding tert-OH is 2. The summed E-state index contributed by atoms with van der Waals surface area (Å²) in [5.41, 5.74) is 0. The van der Waals surface area contributed by atoms with Crippen molar-refractivity contribution in [1.82, 2.24) is 0 Å². The zero-order valence-corrected chi connectivity index (χ0v) is 44.8. The first-order valence-electron chi connectivity index (χ1n) is 27.5. The highest BCUT2D eigenvalue weighted by Gasteiger charge is 2.50. The van der Waals surface area contributed by atoms with Gasteiger partial charge in [0.25, 0.3) is 0 Å². The maximum absolute atomic E-state index is 13.1. The Morgan fingerprint density at radius 2 is 0.890 bits per heavy atom. The van der Waals surface area contributed by atoms with E-state index in [1.54, 1.807) is 0 Å². The van der Waals surface area contributed by atoms with E-state index >= 15 is 0 Å². The number of ether oxygens (including phenoxy) is 5.